The molecule has 0 aliphatic carbocycles. The molecule has 2 aromatic heterocycles. The normalized spacial score (nSPS) is 10.7. The summed E-state index contributed by atoms with van der Waals surface area (Å²) >= 11 is 0. The number of ether oxygens (including phenoxy) is 2. The fourth-order valence-electron chi connectivity index (χ4n) is 2.78. The van der Waals surface area contributed by atoms with E-state index < -0.39 is 0 Å². The lowest BCUT2D eigenvalue weighted by molar-refractivity contribution is 0.146. The van der Waals surface area contributed by atoms with Gasteiger partial charge in [-0.05, 0) is 48.5 Å². The zero-order valence-corrected chi connectivity index (χ0v) is 15.2. The Bertz CT molecular complexity index is 1150. The van der Waals surface area contributed by atoms with E-state index in [1.54, 1.807) is 23.9 Å². The maximum atomic E-state index is 8.90. The van der Waals surface area contributed by atoms with E-state index in [9.17, 15) is 0 Å². The van der Waals surface area contributed by atoms with Gasteiger partial charge in [0.2, 0.25) is 0 Å². The van der Waals surface area contributed by atoms with Crippen LogP contribution in [0.1, 0.15) is 5.56 Å². The Morgan fingerprint density at radius 1 is 1.00 bits per heavy atom. The maximum absolute atomic E-state index is 8.90. The molecule has 28 heavy (non-hydrogen) atoms. The molecule has 7 heteroatoms. The lowest BCUT2D eigenvalue weighted by atomic mass is 10.2. The third-order valence-corrected chi connectivity index (χ3v) is 4.23. The Kier molecular flexibility index (Phi) is 4.95. The molecule has 0 unspecified atom stereocenters. The predicted octanol–water partition coefficient (Wildman–Crippen LogP) is 3.38. The summed E-state index contributed by atoms with van der Waals surface area (Å²) in [7, 11) is 1.65. The molecular formula is C21H17N5O2. The Morgan fingerprint density at radius 2 is 1.86 bits per heavy atom. The summed E-state index contributed by atoms with van der Waals surface area (Å²) < 4.78 is 12.3. The summed E-state index contributed by atoms with van der Waals surface area (Å²) in [5.41, 5.74) is 3.69. The van der Waals surface area contributed by atoms with Gasteiger partial charge in [-0.3, -0.25) is 0 Å². The quantitative estimate of drug-likeness (QED) is 0.483. The Balaban J connectivity index is 1.58. The molecule has 0 aliphatic heterocycles. The van der Waals surface area contributed by atoms with Crippen molar-refractivity contribution in [1.82, 2.24) is 20.0 Å². The van der Waals surface area contributed by atoms with Gasteiger partial charge in [-0.25, -0.2) is 9.67 Å². The number of hydrogen-bond donors (Lipinski definition) is 0. The minimum Gasteiger partial charge on any atom is -0.491 e. The largest absolute Gasteiger partial charge is 0.491 e. The van der Waals surface area contributed by atoms with Crippen molar-refractivity contribution in [3.05, 3.63) is 66.4 Å². The molecule has 0 aliphatic rings. The van der Waals surface area contributed by atoms with Gasteiger partial charge in [0.25, 0.3) is 0 Å². The lowest BCUT2D eigenvalue weighted by Crippen LogP contribution is -2.04. The molecule has 0 amide bonds. The molecule has 2 aromatic carbocycles. The molecule has 0 spiro atoms. The second-order valence-electron chi connectivity index (χ2n) is 6.10. The molecule has 138 valence electrons. The van der Waals surface area contributed by atoms with Gasteiger partial charge in [-0.1, -0.05) is 11.3 Å². The number of methoxy groups -OCH3 is 1. The van der Waals surface area contributed by atoms with E-state index in [1.807, 2.05) is 48.7 Å². The first-order chi connectivity index (χ1) is 13.8. The van der Waals surface area contributed by atoms with Crippen LogP contribution in [0.3, 0.4) is 0 Å². The SMILES string of the molecule is COCCOc1ccc2nc(-c3cn(-c4ccc(C#N)cc4)nn3)ccc2c1. The fraction of sp³-hybridized carbons (Fsp3) is 0.143. The van der Waals surface area contributed by atoms with Crippen molar-refractivity contribution in [2.75, 3.05) is 20.3 Å². The second kappa shape index (κ2) is 7.86. The molecule has 0 bridgehead atoms. The van der Waals surface area contributed by atoms with Crippen LogP contribution in [-0.4, -0.2) is 40.3 Å². The van der Waals surface area contributed by atoms with E-state index in [0.717, 1.165) is 28.0 Å². The highest BCUT2D eigenvalue weighted by Gasteiger charge is 2.08. The maximum Gasteiger partial charge on any atom is 0.131 e. The van der Waals surface area contributed by atoms with Crippen LogP contribution in [-0.2, 0) is 4.74 Å². The van der Waals surface area contributed by atoms with Crippen LogP contribution in [0.25, 0.3) is 28.0 Å². The van der Waals surface area contributed by atoms with Gasteiger partial charge in [0.1, 0.15) is 18.1 Å². The number of rotatable bonds is 6. The minimum absolute atomic E-state index is 0.506. The number of nitriles is 1. The highest BCUT2D eigenvalue weighted by atomic mass is 16.5. The van der Waals surface area contributed by atoms with Crippen LogP contribution < -0.4 is 4.74 Å². The molecule has 0 atom stereocenters. The standard InChI is InChI=1S/C21H17N5O2/c1-27-10-11-28-18-7-9-19-16(12-18)4-8-20(23-19)21-14-26(25-24-21)17-5-2-15(13-22)3-6-17/h2-9,12,14H,10-11H2,1H3. The van der Waals surface area contributed by atoms with Crippen molar-refractivity contribution in [3.63, 3.8) is 0 Å². The summed E-state index contributed by atoms with van der Waals surface area (Å²) in [6.07, 6.45) is 1.82. The monoisotopic (exact) mass is 371 g/mol. The van der Waals surface area contributed by atoms with E-state index in [2.05, 4.69) is 21.4 Å². The van der Waals surface area contributed by atoms with Crippen LogP contribution in [0, 0.1) is 11.3 Å². The summed E-state index contributed by atoms with van der Waals surface area (Å²) in [5, 5.41) is 18.3. The molecular weight excluding hydrogens is 354 g/mol. The molecule has 0 saturated heterocycles. The van der Waals surface area contributed by atoms with Crippen molar-refractivity contribution < 1.29 is 9.47 Å². The molecule has 4 rings (SSSR count). The van der Waals surface area contributed by atoms with E-state index in [1.165, 1.54) is 0 Å². The molecule has 0 radical (unpaired) electrons. The van der Waals surface area contributed by atoms with Crippen LogP contribution in [0.2, 0.25) is 0 Å². The number of nitrogens with zero attached hydrogens (tertiary/aromatic N) is 5. The summed E-state index contributed by atoms with van der Waals surface area (Å²) in [6.45, 7) is 1.05. The molecule has 0 saturated carbocycles. The molecule has 2 heterocycles. The van der Waals surface area contributed by atoms with E-state index in [0.29, 0.717) is 24.5 Å². The van der Waals surface area contributed by atoms with Gasteiger partial charge in [0.05, 0.1) is 41.3 Å². The third kappa shape index (κ3) is 3.68. The van der Waals surface area contributed by atoms with Crippen molar-refractivity contribution in [1.29, 1.82) is 5.26 Å². The van der Waals surface area contributed by atoms with E-state index >= 15 is 0 Å². The number of pyridine rings is 1. The summed E-state index contributed by atoms with van der Waals surface area (Å²) in [4.78, 5) is 4.68. The fourth-order valence-corrected chi connectivity index (χ4v) is 2.78. The minimum atomic E-state index is 0.506. The molecule has 7 nitrogen and oxygen atoms in total. The van der Waals surface area contributed by atoms with Crippen LogP contribution in [0.4, 0.5) is 0 Å². The number of fused-ring (bicyclic) bond motifs is 1. The number of benzene rings is 2. The summed E-state index contributed by atoms with van der Waals surface area (Å²) in [5.74, 6) is 0.783. The lowest BCUT2D eigenvalue weighted by Gasteiger charge is -2.07. The Labute approximate surface area is 161 Å². The first kappa shape index (κ1) is 17.6. The zero-order chi connectivity index (χ0) is 19.3. The van der Waals surface area contributed by atoms with Crippen molar-refractivity contribution in [2.45, 2.75) is 0 Å². The van der Waals surface area contributed by atoms with E-state index in [4.69, 9.17) is 14.7 Å². The third-order valence-electron chi connectivity index (χ3n) is 4.23. The highest BCUT2D eigenvalue weighted by Crippen LogP contribution is 2.23. The van der Waals surface area contributed by atoms with Gasteiger partial charge in [0, 0.05) is 12.5 Å². The average molecular weight is 371 g/mol. The molecule has 4 aromatic rings. The van der Waals surface area contributed by atoms with Crippen molar-refractivity contribution in [2.24, 2.45) is 0 Å². The Morgan fingerprint density at radius 3 is 2.64 bits per heavy atom. The van der Waals surface area contributed by atoms with Gasteiger partial charge in [0.15, 0.2) is 0 Å². The smallest absolute Gasteiger partial charge is 0.131 e. The average Bonchev–Trinajstić information content (AvgIpc) is 3.24. The predicted molar refractivity (Wildman–Crippen MR) is 104 cm³/mol. The van der Waals surface area contributed by atoms with Crippen LogP contribution >= 0.6 is 0 Å². The first-order valence-corrected chi connectivity index (χ1v) is 8.72. The van der Waals surface area contributed by atoms with Gasteiger partial charge >= 0.3 is 0 Å². The van der Waals surface area contributed by atoms with Crippen molar-refractivity contribution in [3.8, 4) is 28.9 Å². The Hall–Kier alpha value is -3.76. The molecule has 0 N–H and O–H groups in total. The first-order valence-electron chi connectivity index (χ1n) is 8.72. The van der Waals surface area contributed by atoms with Gasteiger partial charge < -0.3 is 9.47 Å². The highest BCUT2D eigenvalue weighted by molar-refractivity contribution is 5.82. The van der Waals surface area contributed by atoms with E-state index in [-0.39, 0.29) is 0 Å². The van der Waals surface area contributed by atoms with Crippen molar-refractivity contribution >= 4 is 10.9 Å². The van der Waals surface area contributed by atoms with Gasteiger partial charge in [-0.2, -0.15) is 5.26 Å². The topological polar surface area (TPSA) is 85.9 Å². The van der Waals surface area contributed by atoms with Crippen LogP contribution in [0.5, 0.6) is 5.75 Å². The number of hydrogen-bond acceptors (Lipinski definition) is 6. The summed E-state index contributed by atoms with van der Waals surface area (Å²) in [6, 6.07) is 18.9. The molecule has 0 fully saturated rings. The number of aromatic nitrogens is 4. The zero-order valence-electron chi connectivity index (χ0n) is 15.2. The van der Waals surface area contributed by atoms with Gasteiger partial charge in [-0.15, -0.1) is 5.10 Å². The second-order valence-corrected chi connectivity index (χ2v) is 6.10. The van der Waals surface area contributed by atoms with Crippen LogP contribution in [0.15, 0.2) is 60.8 Å².